The maximum Gasteiger partial charge on any atom is 0.344 e. The first-order valence-electron chi connectivity index (χ1n) is 17.7. The summed E-state index contributed by atoms with van der Waals surface area (Å²) in [7, 11) is 0. The van der Waals surface area contributed by atoms with Crippen molar-refractivity contribution in [3.05, 3.63) is 155 Å². The van der Waals surface area contributed by atoms with E-state index in [4.69, 9.17) is 8.83 Å². The Kier molecular flexibility index (Phi) is 6.78. The lowest BCUT2D eigenvalue weighted by molar-refractivity contribution is 0.570. The second-order valence-corrected chi connectivity index (χ2v) is 13.7. The lowest BCUT2D eigenvalue weighted by Gasteiger charge is -2.22. The second kappa shape index (κ2) is 11.2. The van der Waals surface area contributed by atoms with Crippen molar-refractivity contribution < 1.29 is 8.83 Å². The van der Waals surface area contributed by atoms with Gasteiger partial charge in [0.1, 0.15) is 16.7 Å². The number of para-hydroxylation sites is 2. The van der Waals surface area contributed by atoms with Crippen molar-refractivity contribution in [1.82, 2.24) is 4.57 Å². The molecular weight excluding hydrogens is 627 g/mol. The highest BCUT2D eigenvalue weighted by molar-refractivity contribution is 6.14. The highest BCUT2D eigenvalue weighted by atomic mass is 16.4. The zero-order valence-corrected chi connectivity index (χ0v) is 29.4. The van der Waals surface area contributed by atoms with Gasteiger partial charge in [0.15, 0.2) is 0 Å². The van der Waals surface area contributed by atoms with Crippen molar-refractivity contribution in [3.8, 4) is 16.8 Å². The van der Waals surface area contributed by atoms with Gasteiger partial charge in [-0.3, -0.25) is 0 Å². The predicted octanol–water partition coefficient (Wildman–Crippen LogP) is 12.9. The fourth-order valence-electron chi connectivity index (χ4n) is 8.28. The molecule has 0 radical (unpaired) electrons. The van der Waals surface area contributed by atoms with Gasteiger partial charge in [-0.1, -0.05) is 107 Å². The fraction of sp³-hybridized carbons (Fsp3) is 0.128. The zero-order valence-electron chi connectivity index (χ0n) is 29.4. The summed E-state index contributed by atoms with van der Waals surface area (Å²) in [5.41, 5.74) is 12.0. The first kappa shape index (κ1) is 30.9. The normalized spacial score (nSPS) is 13.8. The topological polar surface area (TPSA) is 48.3 Å². The summed E-state index contributed by atoms with van der Waals surface area (Å²) in [6.07, 6.45) is 1.99. The summed E-state index contributed by atoms with van der Waals surface area (Å²) < 4.78 is 14.5. The molecule has 0 unspecified atom stereocenters. The van der Waals surface area contributed by atoms with Crippen molar-refractivity contribution in [2.24, 2.45) is 0 Å². The summed E-state index contributed by atoms with van der Waals surface area (Å²) in [4.78, 5) is 13.8. The van der Waals surface area contributed by atoms with Gasteiger partial charge in [-0.2, -0.15) is 0 Å². The summed E-state index contributed by atoms with van der Waals surface area (Å²) in [5.74, 6) is 0. The largest absolute Gasteiger partial charge is 0.456 e. The van der Waals surface area contributed by atoms with Gasteiger partial charge < -0.3 is 13.4 Å². The number of hydrogen-bond acceptors (Lipinski definition) is 3. The average Bonchev–Trinajstić information content (AvgIpc) is 3.76. The van der Waals surface area contributed by atoms with Crippen LogP contribution in [0.15, 0.2) is 147 Å². The van der Waals surface area contributed by atoms with Gasteiger partial charge in [0.2, 0.25) is 0 Å². The minimum atomic E-state index is -0.355. The smallest absolute Gasteiger partial charge is 0.344 e. The first-order valence-corrected chi connectivity index (χ1v) is 17.7. The van der Waals surface area contributed by atoms with Crippen LogP contribution >= 0.6 is 0 Å². The first-order chi connectivity index (χ1) is 24.8. The van der Waals surface area contributed by atoms with Crippen molar-refractivity contribution >= 4 is 71.1 Å². The van der Waals surface area contributed by atoms with E-state index < -0.39 is 0 Å². The lowest BCUT2D eigenvalue weighted by Crippen LogP contribution is -2.15. The van der Waals surface area contributed by atoms with E-state index in [2.05, 4.69) is 105 Å². The molecule has 9 aromatic rings. The van der Waals surface area contributed by atoms with Gasteiger partial charge in [0.05, 0.1) is 16.4 Å². The highest BCUT2D eigenvalue weighted by Gasteiger charge is 2.35. The van der Waals surface area contributed by atoms with E-state index in [0.29, 0.717) is 11.0 Å². The monoisotopic (exact) mass is 663 g/mol. The molecule has 1 aliphatic rings. The minimum Gasteiger partial charge on any atom is -0.456 e. The van der Waals surface area contributed by atoms with Gasteiger partial charge in [0, 0.05) is 43.4 Å². The minimum absolute atomic E-state index is 0.118. The number of allylic oxidation sites excluding steroid dienone is 3. The molecule has 0 spiro atoms. The molecule has 0 amide bonds. The molecule has 0 fully saturated rings. The van der Waals surface area contributed by atoms with Crippen molar-refractivity contribution in [3.63, 3.8) is 0 Å². The van der Waals surface area contributed by atoms with Crippen LogP contribution in [-0.2, 0) is 5.41 Å². The summed E-state index contributed by atoms with van der Waals surface area (Å²) >= 11 is 0. The average molecular weight is 664 g/mol. The SMILES string of the molecule is C=CC1=C(C)C(C)(C)c2cc3c(cc21)c1ccccc1n3-c1ccc2c(c1)c(=O)oc1cc(-c3cccc4oc5ccccc5c34)ccc12.CC. The van der Waals surface area contributed by atoms with Crippen LogP contribution in [0.2, 0.25) is 0 Å². The molecule has 4 heteroatoms. The van der Waals surface area contributed by atoms with E-state index in [1.807, 2.05) is 62.4 Å². The van der Waals surface area contributed by atoms with E-state index >= 15 is 0 Å². The Morgan fingerprint density at radius 1 is 0.627 bits per heavy atom. The number of aromatic nitrogens is 1. The molecular formula is C47H37NO3. The molecule has 4 nitrogen and oxygen atoms in total. The molecule has 3 aromatic heterocycles. The summed E-state index contributed by atoms with van der Waals surface area (Å²) in [6, 6.07) is 39.6. The molecule has 3 heterocycles. The van der Waals surface area contributed by atoms with Gasteiger partial charge in [-0.05, 0) is 89.3 Å². The van der Waals surface area contributed by atoms with Crippen LogP contribution in [-0.4, -0.2) is 4.57 Å². The summed E-state index contributed by atoms with van der Waals surface area (Å²) in [5, 5.41) is 6.78. The van der Waals surface area contributed by atoms with E-state index in [1.165, 1.54) is 33.0 Å². The molecule has 10 rings (SSSR count). The number of furan rings is 1. The Morgan fingerprint density at radius 3 is 2.20 bits per heavy atom. The molecule has 6 aromatic carbocycles. The maximum atomic E-state index is 13.8. The fourth-order valence-corrected chi connectivity index (χ4v) is 8.28. The standard InChI is InChI=1S/C45H31NO3.C2H6/c1-5-28-25(2)45(3,4)37-24-39-35(23-34(28)37)31-11-6-8-14-38(31)46(39)27-18-20-30-32-19-17-26(21-42(32)49-44(47)36(30)22-27)29-13-10-16-41-43(29)33-12-7-9-15-40(33)48-41;1-2/h5-24H,1H2,2-4H3;1-2H3. The zero-order chi connectivity index (χ0) is 35.2. The quantitative estimate of drug-likeness (QED) is 0.140. The van der Waals surface area contributed by atoms with Crippen LogP contribution < -0.4 is 5.63 Å². The Labute approximate surface area is 295 Å². The van der Waals surface area contributed by atoms with Crippen LogP contribution in [0.1, 0.15) is 45.7 Å². The third-order valence-corrected chi connectivity index (χ3v) is 11.0. The van der Waals surface area contributed by atoms with Gasteiger partial charge in [-0.25, -0.2) is 4.79 Å². The van der Waals surface area contributed by atoms with Gasteiger partial charge in [0.25, 0.3) is 0 Å². The Balaban J connectivity index is 0.00000171. The van der Waals surface area contributed by atoms with Gasteiger partial charge >= 0.3 is 5.63 Å². The van der Waals surface area contributed by atoms with Crippen molar-refractivity contribution in [2.75, 3.05) is 0 Å². The molecule has 0 atom stereocenters. The predicted molar refractivity (Wildman–Crippen MR) is 214 cm³/mol. The Bertz CT molecular complexity index is 3020. The summed E-state index contributed by atoms with van der Waals surface area (Å²) in [6.45, 7) is 14.9. The number of fused-ring (bicyclic) bond motifs is 10. The maximum absolute atomic E-state index is 13.8. The molecule has 0 aliphatic heterocycles. The lowest BCUT2D eigenvalue weighted by atomic mass is 9.81. The Morgan fingerprint density at radius 2 is 1.37 bits per heavy atom. The number of nitrogens with zero attached hydrogens (tertiary/aromatic N) is 1. The van der Waals surface area contributed by atoms with Crippen LogP contribution in [0.3, 0.4) is 0 Å². The molecule has 0 bridgehead atoms. The molecule has 1 aliphatic carbocycles. The number of rotatable bonds is 3. The van der Waals surface area contributed by atoms with Crippen LogP contribution in [0, 0.1) is 0 Å². The van der Waals surface area contributed by atoms with E-state index in [-0.39, 0.29) is 11.0 Å². The highest BCUT2D eigenvalue weighted by Crippen LogP contribution is 2.49. The van der Waals surface area contributed by atoms with Crippen LogP contribution in [0.4, 0.5) is 0 Å². The Hall–Kier alpha value is -6.13. The molecule has 0 saturated heterocycles. The van der Waals surface area contributed by atoms with Gasteiger partial charge in [-0.15, -0.1) is 0 Å². The van der Waals surface area contributed by atoms with Crippen LogP contribution in [0.25, 0.3) is 87.9 Å². The third-order valence-electron chi connectivity index (χ3n) is 11.0. The molecule has 248 valence electrons. The van der Waals surface area contributed by atoms with E-state index in [1.54, 1.807) is 0 Å². The van der Waals surface area contributed by atoms with Crippen LogP contribution in [0.5, 0.6) is 0 Å². The third kappa shape index (κ3) is 4.29. The number of hydrogen-bond donors (Lipinski definition) is 0. The molecule has 0 saturated carbocycles. The molecule has 0 N–H and O–H groups in total. The second-order valence-electron chi connectivity index (χ2n) is 13.7. The molecule has 51 heavy (non-hydrogen) atoms. The number of benzene rings is 6. The van der Waals surface area contributed by atoms with E-state index in [0.717, 1.165) is 60.6 Å². The van der Waals surface area contributed by atoms with Crippen molar-refractivity contribution in [1.29, 1.82) is 0 Å². The van der Waals surface area contributed by atoms with Crippen molar-refractivity contribution in [2.45, 2.75) is 40.0 Å². The van der Waals surface area contributed by atoms with E-state index in [9.17, 15) is 4.79 Å².